The first-order valence-electron chi connectivity index (χ1n) is 7.99. The van der Waals surface area contributed by atoms with E-state index in [1.807, 2.05) is 18.2 Å². The fourth-order valence-electron chi connectivity index (χ4n) is 3.70. The van der Waals surface area contributed by atoms with Crippen LogP contribution in [0.15, 0.2) is 30.9 Å². The van der Waals surface area contributed by atoms with Crippen LogP contribution < -0.4 is 4.74 Å². The highest BCUT2D eigenvalue weighted by Crippen LogP contribution is 2.34. The number of carbonyl (C=O) groups is 2. The Labute approximate surface area is 139 Å². The van der Waals surface area contributed by atoms with Crippen molar-refractivity contribution in [3.05, 3.63) is 42.1 Å². The summed E-state index contributed by atoms with van der Waals surface area (Å²) < 4.78 is 5.31. The summed E-state index contributed by atoms with van der Waals surface area (Å²) in [5, 5.41) is 1.06. The molecule has 2 aliphatic heterocycles. The van der Waals surface area contributed by atoms with Crippen LogP contribution in [0.5, 0.6) is 5.75 Å². The van der Waals surface area contributed by atoms with Crippen molar-refractivity contribution in [2.45, 2.75) is 19.0 Å². The summed E-state index contributed by atoms with van der Waals surface area (Å²) in [5.74, 6) is 0.770. The minimum atomic E-state index is -0.427. The van der Waals surface area contributed by atoms with Crippen LogP contribution in [0.1, 0.15) is 11.3 Å². The third kappa shape index (κ3) is 2.10. The summed E-state index contributed by atoms with van der Waals surface area (Å²) in [6.07, 6.45) is 2.19. The molecule has 6 heteroatoms. The van der Waals surface area contributed by atoms with Crippen molar-refractivity contribution in [2.75, 3.05) is 20.2 Å². The number of nitrogens with one attached hydrogen (secondary N) is 1. The maximum Gasteiger partial charge on any atom is 0.246 e. The molecule has 6 nitrogen and oxygen atoms in total. The summed E-state index contributed by atoms with van der Waals surface area (Å²) in [5.41, 5.74) is 3.11. The third-order valence-electron chi connectivity index (χ3n) is 4.90. The molecule has 124 valence electrons. The summed E-state index contributed by atoms with van der Waals surface area (Å²) in [7, 11) is 1.64. The highest BCUT2D eigenvalue weighted by Gasteiger charge is 2.42. The Hall–Kier alpha value is -2.76. The quantitative estimate of drug-likeness (QED) is 0.869. The number of fused-ring (bicyclic) bond motifs is 4. The fourth-order valence-corrected chi connectivity index (χ4v) is 3.70. The van der Waals surface area contributed by atoms with E-state index in [0.717, 1.165) is 27.9 Å². The van der Waals surface area contributed by atoms with Crippen molar-refractivity contribution in [1.82, 2.24) is 14.8 Å². The number of aromatic amines is 1. The van der Waals surface area contributed by atoms with E-state index < -0.39 is 6.04 Å². The van der Waals surface area contributed by atoms with Gasteiger partial charge in [-0.25, -0.2) is 0 Å². The van der Waals surface area contributed by atoms with Crippen LogP contribution in [0.2, 0.25) is 0 Å². The van der Waals surface area contributed by atoms with Crippen LogP contribution >= 0.6 is 0 Å². The number of carbonyl (C=O) groups excluding carboxylic acids is 2. The Morgan fingerprint density at radius 3 is 2.96 bits per heavy atom. The molecule has 2 aliphatic rings. The second-order valence-corrected chi connectivity index (χ2v) is 6.24. The van der Waals surface area contributed by atoms with Gasteiger partial charge in [-0.1, -0.05) is 6.08 Å². The van der Waals surface area contributed by atoms with Crippen LogP contribution in [-0.4, -0.2) is 52.8 Å². The maximum absolute atomic E-state index is 12.7. The molecule has 1 aromatic heterocycles. The van der Waals surface area contributed by atoms with Crippen LogP contribution in [0.3, 0.4) is 0 Å². The molecule has 0 spiro atoms. The van der Waals surface area contributed by atoms with E-state index in [4.69, 9.17) is 4.74 Å². The molecule has 1 N–H and O–H groups in total. The third-order valence-corrected chi connectivity index (χ3v) is 4.90. The molecule has 4 rings (SSSR count). The molecule has 0 radical (unpaired) electrons. The highest BCUT2D eigenvalue weighted by atomic mass is 16.5. The van der Waals surface area contributed by atoms with E-state index >= 15 is 0 Å². The number of aromatic nitrogens is 1. The largest absolute Gasteiger partial charge is 0.497 e. The molecule has 1 unspecified atom stereocenters. The van der Waals surface area contributed by atoms with Crippen molar-refractivity contribution in [3.63, 3.8) is 0 Å². The zero-order valence-corrected chi connectivity index (χ0v) is 13.5. The molecule has 1 saturated heterocycles. The molecule has 1 aromatic carbocycles. The Bertz CT molecular complexity index is 855. The zero-order chi connectivity index (χ0) is 16.8. The van der Waals surface area contributed by atoms with Crippen molar-refractivity contribution in [3.8, 4) is 5.75 Å². The number of ether oxygens (including phenoxy) is 1. The number of hydrogen-bond acceptors (Lipinski definition) is 3. The second-order valence-electron chi connectivity index (χ2n) is 6.24. The lowest BCUT2D eigenvalue weighted by molar-refractivity contribution is -0.156. The average Bonchev–Trinajstić information content (AvgIpc) is 2.95. The highest BCUT2D eigenvalue weighted by molar-refractivity contribution is 5.97. The van der Waals surface area contributed by atoms with E-state index in [9.17, 15) is 9.59 Å². The van der Waals surface area contributed by atoms with E-state index in [0.29, 0.717) is 19.5 Å². The molecule has 1 fully saturated rings. The Balaban J connectivity index is 1.76. The predicted octanol–water partition coefficient (Wildman–Crippen LogP) is 1.46. The monoisotopic (exact) mass is 325 g/mol. The smallest absolute Gasteiger partial charge is 0.246 e. The van der Waals surface area contributed by atoms with Gasteiger partial charge in [0.15, 0.2) is 0 Å². The lowest BCUT2D eigenvalue weighted by atomic mass is 9.94. The number of nitrogens with zero attached hydrogens (tertiary/aromatic N) is 2. The number of amides is 2. The second kappa shape index (κ2) is 5.40. The number of piperazine rings is 1. The topological polar surface area (TPSA) is 65.6 Å². The van der Waals surface area contributed by atoms with Gasteiger partial charge in [0.05, 0.1) is 13.7 Å². The Kier molecular flexibility index (Phi) is 3.33. The van der Waals surface area contributed by atoms with Gasteiger partial charge < -0.3 is 19.5 Å². The van der Waals surface area contributed by atoms with Gasteiger partial charge in [0.2, 0.25) is 11.8 Å². The van der Waals surface area contributed by atoms with Crippen LogP contribution in [-0.2, 0) is 22.6 Å². The molecule has 3 heterocycles. The number of rotatable bonds is 3. The number of hydrogen-bond donors (Lipinski definition) is 1. The van der Waals surface area contributed by atoms with Gasteiger partial charge >= 0.3 is 0 Å². The van der Waals surface area contributed by atoms with Crippen molar-refractivity contribution >= 4 is 22.7 Å². The average molecular weight is 325 g/mol. The number of benzene rings is 1. The first-order valence-corrected chi connectivity index (χ1v) is 7.99. The summed E-state index contributed by atoms with van der Waals surface area (Å²) in [4.78, 5) is 31.8. The molecule has 2 aromatic rings. The first kappa shape index (κ1) is 14.8. The predicted molar refractivity (Wildman–Crippen MR) is 89.7 cm³/mol. The fraction of sp³-hybridized carbons (Fsp3) is 0.333. The van der Waals surface area contributed by atoms with Gasteiger partial charge in [0.25, 0.3) is 0 Å². The molecule has 0 saturated carbocycles. The number of methoxy groups -OCH3 is 1. The lowest BCUT2D eigenvalue weighted by Gasteiger charge is -2.42. The van der Waals surface area contributed by atoms with E-state index in [-0.39, 0.29) is 18.4 Å². The molecule has 0 bridgehead atoms. The minimum Gasteiger partial charge on any atom is -0.497 e. The molecule has 24 heavy (non-hydrogen) atoms. The molecule has 1 atom stereocenters. The molecule has 0 aliphatic carbocycles. The standard InChI is InChI=1S/C18H19N3O3/c1-3-6-20-10-17(22)21-9-15-13(8-16(21)18(20)23)12-7-11(24-2)4-5-14(12)19-15/h3-5,7,16,19H,1,6,8-10H2,2H3. The normalized spacial score (nSPS) is 20.1. The van der Waals surface area contributed by atoms with Gasteiger partial charge in [0.1, 0.15) is 18.3 Å². The van der Waals surface area contributed by atoms with Crippen LogP contribution in [0.4, 0.5) is 0 Å². The van der Waals surface area contributed by atoms with Gasteiger partial charge in [-0.05, 0) is 23.8 Å². The SMILES string of the molecule is C=CCN1CC(=O)N2Cc3[nH]c4ccc(OC)cc4c3CC2C1=O. The van der Waals surface area contributed by atoms with E-state index in [2.05, 4.69) is 11.6 Å². The Morgan fingerprint density at radius 2 is 2.21 bits per heavy atom. The molecular formula is C18H19N3O3. The van der Waals surface area contributed by atoms with Crippen molar-refractivity contribution < 1.29 is 14.3 Å². The van der Waals surface area contributed by atoms with Gasteiger partial charge in [-0.3, -0.25) is 9.59 Å². The summed E-state index contributed by atoms with van der Waals surface area (Å²) in [6, 6.07) is 5.43. The van der Waals surface area contributed by atoms with E-state index in [1.54, 1.807) is 23.0 Å². The minimum absolute atomic E-state index is 0.00241. The van der Waals surface area contributed by atoms with Gasteiger partial charge in [0, 0.05) is 29.6 Å². The van der Waals surface area contributed by atoms with Gasteiger partial charge in [-0.15, -0.1) is 6.58 Å². The van der Waals surface area contributed by atoms with Gasteiger partial charge in [-0.2, -0.15) is 0 Å². The lowest BCUT2D eigenvalue weighted by Crippen LogP contribution is -2.61. The summed E-state index contributed by atoms with van der Waals surface area (Å²) >= 11 is 0. The first-order chi connectivity index (χ1) is 11.6. The molecule has 2 amide bonds. The van der Waals surface area contributed by atoms with Crippen LogP contribution in [0.25, 0.3) is 10.9 Å². The van der Waals surface area contributed by atoms with Crippen molar-refractivity contribution in [2.24, 2.45) is 0 Å². The maximum atomic E-state index is 12.7. The number of H-pyrrole nitrogens is 1. The van der Waals surface area contributed by atoms with E-state index in [1.165, 1.54) is 0 Å². The van der Waals surface area contributed by atoms with Crippen molar-refractivity contribution in [1.29, 1.82) is 0 Å². The Morgan fingerprint density at radius 1 is 1.38 bits per heavy atom. The van der Waals surface area contributed by atoms with Crippen LogP contribution in [0, 0.1) is 0 Å². The zero-order valence-electron chi connectivity index (χ0n) is 13.5. The molecular weight excluding hydrogens is 306 g/mol. The summed E-state index contributed by atoms with van der Waals surface area (Å²) in [6.45, 7) is 4.65.